The van der Waals surface area contributed by atoms with Crippen LogP contribution in [-0.2, 0) is 19.6 Å². The van der Waals surface area contributed by atoms with Crippen LogP contribution in [0.15, 0.2) is 165 Å². The molecule has 0 saturated carbocycles. The first-order chi connectivity index (χ1) is 40.5. The van der Waals surface area contributed by atoms with Gasteiger partial charge in [-0.3, -0.25) is 30.0 Å². The third-order valence-electron chi connectivity index (χ3n) is 14.7. The van der Waals surface area contributed by atoms with E-state index in [-0.39, 0.29) is 18.1 Å². The number of nitrogens with zero attached hydrogens (tertiary/aromatic N) is 9. The first-order valence-electron chi connectivity index (χ1n) is 27.1. The van der Waals surface area contributed by atoms with E-state index in [0.717, 1.165) is 84.4 Å². The second-order valence-electron chi connectivity index (χ2n) is 19.8. The molecule has 12 rings (SSSR count). The molecule has 20 heteroatoms. The maximum absolute atomic E-state index is 13.0. The molecule has 3 saturated heterocycles. The number of aromatic amines is 3. The molecular formula is C63H66N12O8. The van der Waals surface area contributed by atoms with E-state index in [0.29, 0.717) is 70.4 Å². The van der Waals surface area contributed by atoms with Crippen LogP contribution in [-0.4, -0.2) is 138 Å². The standard InChI is InChI=1S/2C21H22N4O3.C21H22N4O2/c1-27-18-5-3-4-15(10-18)14-24-8-9-25(21(24)26)19-7-6-16(11-20(19)28-2)17-12-22-23-13-17;1-27-19-6-4-3-5-15(19)14-24-9-10-25(21(24)26)17-7-8-18(20(11-17)28-2)16-12-22-23-13-16;1-15-4-3-5-16(10-15)14-24-8-9-25(21(24)26)18-6-7-19(20(11-18)27-2)17-12-22-23-13-17/h3-7,10-13H,8-9,14H2,1-2H3,(H,22,23);3-8,11-13H,9-10,14H2,1-2H3,(H,22,23);3-7,10-13H,8-9,14H2,1-2H3,(H,22,23). The van der Waals surface area contributed by atoms with Gasteiger partial charge in [0.2, 0.25) is 0 Å². The van der Waals surface area contributed by atoms with Crippen molar-refractivity contribution in [3.63, 3.8) is 0 Å². The summed E-state index contributed by atoms with van der Waals surface area (Å²) in [7, 11) is 8.17. The Labute approximate surface area is 481 Å². The third kappa shape index (κ3) is 12.7. The smallest absolute Gasteiger partial charge is 0.325 e. The van der Waals surface area contributed by atoms with Gasteiger partial charge in [-0.1, -0.05) is 66.2 Å². The van der Waals surface area contributed by atoms with Crippen LogP contribution >= 0.6 is 0 Å². The maximum atomic E-state index is 13.0. The van der Waals surface area contributed by atoms with E-state index in [1.54, 1.807) is 68.8 Å². The molecule has 83 heavy (non-hydrogen) atoms. The quantitative estimate of drug-likeness (QED) is 0.0783. The van der Waals surface area contributed by atoms with Gasteiger partial charge in [-0.15, -0.1) is 0 Å². The molecule has 20 nitrogen and oxygen atoms in total. The number of nitrogens with one attached hydrogen (secondary N) is 3. The number of para-hydroxylation sites is 1. The first kappa shape index (κ1) is 56.1. The summed E-state index contributed by atoms with van der Waals surface area (Å²) in [5.74, 6) is 3.67. The summed E-state index contributed by atoms with van der Waals surface area (Å²) in [4.78, 5) is 49.8. The lowest BCUT2D eigenvalue weighted by atomic mass is 10.1. The number of H-pyrrole nitrogens is 3. The lowest BCUT2D eigenvalue weighted by molar-refractivity contribution is 0.217. The van der Waals surface area contributed by atoms with Crippen molar-refractivity contribution in [1.82, 2.24) is 45.3 Å². The molecule has 3 N–H and O–H groups in total. The molecule has 3 aliphatic heterocycles. The zero-order valence-electron chi connectivity index (χ0n) is 47.2. The van der Waals surface area contributed by atoms with Crippen molar-refractivity contribution in [3.05, 3.63) is 187 Å². The number of amides is 6. The summed E-state index contributed by atoms with van der Waals surface area (Å²) in [5, 5.41) is 20.4. The van der Waals surface area contributed by atoms with E-state index in [4.69, 9.17) is 23.7 Å². The van der Waals surface area contributed by atoms with Gasteiger partial charge in [-0.25, -0.2) is 14.4 Å². The fourth-order valence-electron chi connectivity index (χ4n) is 10.4. The molecule has 0 atom stereocenters. The van der Waals surface area contributed by atoms with Crippen molar-refractivity contribution in [1.29, 1.82) is 0 Å². The number of carbonyl (C=O) groups excluding carboxylic acids is 3. The van der Waals surface area contributed by atoms with Gasteiger partial charge in [0.15, 0.2) is 0 Å². The maximum Gasteiger partial charge on any atom is 0.325 e. The second-order valence-corrected chi connectivity index (χ2v) is 19.8. The highest BCUT2D eigenvalue weighted by molar-refractivity contribution is 5.97. The van der Waals surface area contributed by atoms with Gasteiger partial charge in [0, 0.05) is 128 Å². The highest BCUT2D eigenvalue weighted by atomic mass is 16.5. The van der Waals surface area contributed by atoms with E-state index in [9.17, 15) is 14.4 Å². The number of hydrogen-bond donors (Lipinski definition) is 3. The zero-order chi connectivity index (χ0) is 57.8. The molecule has 9 aromatic rings. The monoisotopic (exact) mass is 1120 g/mol. The number of ether oxygens (including phenoxy) is 5. The van der Waals surface area contributed by atoms with E-state index in [2.05, 4.69) is 55.7 Å². The molecule has 0 spiro atoms. The zero-order valence-corrected chi connectivity index (χ0v) is 47.2. The summed E-state index contributed by atoms with van der Waals surface area (Å²) in [6, 6.07) is 41.3. The second kappa shape index (κ2) is 25.9. The first-order valence-corrected chi connectivity index (χ1v) is 27.1. The van der Waals surface area contributed by atoms with Crippen molar-refractivity contribution < 1.29 is 38.1 Å². The summed E-state index contributed by atoms with van der Waals surface area (Å²) < 4.78 is 27.3. The van der Waals surface area contributed by atoms with Crippen LogP contribution in [0.2, 0.25) is 0 Å². The van der Waals surface area contributed by atoms with Crippen LogP contribution in [0.5, 0.6) is 28.7 Å². The fourth-order valence-corrected chi connectivity index (χ4v) is 10.4. The molecule has 3 aromatic heterocycles. The number of benzene rings is 6. The predicted molar refractivity (Wildman–Crippen MR) is 318 cm³/mol. The summed E-state index contributed by atoms with van der Waals surface area (Å²) >= 11 is 0. The van der Waals surface area contributed by atoms with Crippen molar-refractivity contribution >= 4 is 35.2 Å². The van der Waals surface area contributed by atoms with Gasteiger partial charge in [0.05, 0.1) is 66.4 Å². The van der Waals surface area contributed by atoms with E-state index in [1.165, 1.54) is 5.56 Å². The van der Waals surface area contributed by atoms with E-state index < -0.39 is 0 Å². The molecule has 6 amide bonds. The number of aromatic nitrogens is 6. The Balaban J connectivity index is 0.000000139. The lowest BCUT2D eigenvalue weighted by Crippen LogP contribution is -2.31. The Bertz CT molecular complexity index is 3650. The summed E-state index contributed by atoms with van der Waals surface area (Å²) in [6.07, 6.45) is 10.7. The highest BCUT2D eigenvalue weighted by Gasteiger charge is 2.34. The van der Waals surface area contributed by atoms with Crippen molar-refractivity contribution in [2.24, 2.45) is 0 Å². The Hall–Kier alpha value is -10.2. The molecule has 0 bridgehead atoms. The van der Waals surface area contributed by atoms with Gasteiger partial charge in [0.1, 0.15) is 28.7 Å². The SMILES string of the molecule is COc1cc(N2CCN(Cc3cccc(C)c3)C2=O)ccc1-c1cn[nH]c1.COc1cccc(CN2CCN(c3ccc(-c4cn[nH]c4)cc3OC)C2=O)c1.COc1ccccc1CN1CCN(c2ccc(-c3cn[nH]c3)c(OC)c2)C1=O. The molecule has 426 valence electrons. The summed E-state index contributed by atoms with van der Waals surface area (Å²) in [6.45, 7) is 7.68. The molecule has 6 heterocycles. The Morgan fingerprint density at radius 2 is 0.928 bits per heavy atom. The average molecular weight is 1120 g/mol. The van der Waals surface area contributed by atoms with Gasteiger partial charge in [0.25, 0.3) is 0 Å². The van der Waals surface area contributed by atoms with Crippen LogP contribution in [0.1, 0.15) is 22.3 Å². The van der Waals surface area contributed by atoms with Gasteiger partial charge in [-0.05, 0) is 78.2 Å². The minimum absolute atomic E-state index is 0.0228. The number of methoxy groups -OCH3 is 5. The van der Waals surface area contributed by atoms with Gasteiger partial charge in [-0.2, -0.15) is 15.3 Å². The number of rotatable bonds is 17. The number of aryl methyl sites for hydroxylation is 1. The molecule has 0 radical (unpaired) electrons. The van der Waals surface area contributed by atoms with Gasteiger partial charge < -0.3 is 38.4 Å². The Morgan fingerprint density at radius 1 is 0.422 bits per heavy atom. The van der Waals surface area contributed by atoms with Crippen LogP contribution < -0.4 is 38.4 Å². The minimum atomic E-state index is -0.0304. The Morgan fingerprint density at radius 3 is 1.46 bits per heavy atom. The predicted octanol–water partition coefficient (Wildman–Crippen LogP) is 10.9. The molecule has 3 aliphatic rings. The number of anilines is 3. The number of carbonyl (C=O) groups is 3. The molecule has 3 fully saturated rings. The molecule has 6 aromatic carbocycles. The normalized spacial score (nSPS) is 13.9. The van der Waals surface area contributed by atoms with Crippen molar-refractivity contribution in [2.45, 2.75) is 26.6 Å². The van der Waals surface area contributed by atoms with Crippen molar-refractivity contribution in [3.8, 4) is 62.1 Å². The van der Waals surface area contributed by atoms with Crippen LogP contribution in [0.3, 0.4) is 0 Å². The highest BCUT2D eigenvalue weighted by Crippen LogP contribution is 2.38. The minimum Gasteiger partial charge on any atom is -0.497 e. The van der Waals surface area contributed by atoms with Crippen LogP contribution in [0.4, 0.5) is 31.4 Å². The fraction of sp³-hybridized carbons (Fsp3) is 0.238. The molecule has 0 aliphatic carbocycles. The topological polar surface area (TPSA) is 203 Å². The number of hydrogen-bond acceptors (Lipinski definition) is 11. The third-order valence-corrected chi connectivity index (χ3v) is 14.7. The van der Waals surface area contributed by atoms with Gasteiger partial charge >= 0.3 is 18.1 Å². The molecular weight excluding hydrogens is 1050 g/mol. The largest absolute Gasteiger partial charge is 0.497 e. The van der Waals surface area contributed by atoms with Crippen LogP contribution in [0, 0.1) is 6.92 Å². The molecule has 0 unspecified atom stereocenters. The van der Waals surface area contributed by atoms with E-state index in [1.807, 2.05) is 142 Å². The van der Waals surface area contributed by atoms with Crippen LogP contribution in [0.25, 0.3) is 33.4 Å². The average Bonchev–Trinajstić information content (AvgIpc) is 4.63. The van der Waals surface area contributed by atoms with Crippen molar-refractivity contribution in [2.75, 3.05) is 89.5 Å². The Kier molecular flexibility index (Phi) is 17.5. The number of urea groups is 3. The lowest BCUT2D eigenvalue weighted by Gasteiger charge is -2.21. The summed E-state index contributed by atoms with van der Waals surface area (Å²) in [5.41, 5.74) is 12.5. The van der Waals surface area contributed by atoms with E-state index >= 15 is 0 Å².